The number of nitrogens with zero attached hydrogens (tertiary/aromatic N) is 6. The third kappa shape index (κ3) is 8.53. The maximum atomic E-state index is 12.9. The van der Waals surface area contributed by atoms with Crippen LogP contribution in [0, 0.1) is 0 Å². The number of aromatic amines is 2. The molecule has 2 N–H and O–H groups in total. The topological polar surface area (TPSA) is 134 Å². The van der Waals surface area contributed by atoms with Gasteiger partial charge in [-0.05, 0) is 64.0 Å². The normalized spacial score (nSPS) is 18.3. The number of benzene rings is 2. The van der Waals surface area contributed by atoms with E-state index in [1.54, 1.807) is 23.5 Å². The lowest BCUT2D eigenvalue weighted by atomic mass is 10.0. The minimum absolute atomic E-state index is 0.159. The van der Waals surface area contributed by atoms with Crippen molar-refractivity contribution < 1.29 is 19.0 Å². The lowest BCUT2D eigenvalue weighted by molar-refractivity contribution is -0.0987. The quantitative estimate of drug-likeness (QED) is 0.106. The van der Waals surface area contributed by atoms with Crippen LogP contribution in [-0.4, -0.2) is 78.0 Å². The van der Waals surface area contributed by atoms with Crippen molar-refractivity contribution >= 4 is 6.09 Å². The number of hydrogen-bond donors (Lipinski definition) is 2. The van der Waals surface area contributed by atoms with Gasteiger partial charge in [-0.3, -0.25) is 9.80 Å². The summed E-state index contributed by atoms with van der Waals surface area (Å²) in [5.74, 6) is 2.32. The van der Waals surface area contributed by atoms with Crippen LogP contribution in [0.3, 0.4) is 0 Å². The summed E-state index contributed by atoms with van der Waals surface area (Å²) in [6, 6.07) is 18.3. The third-order valence-corrected chi connectivity index (χ3v) is 9.27. The average molecular weight is 691 g/mol. The second-order valence-electron chi connectivity index (χ2n) is 14.2. The molecule has 2 fully saturated rings. The number of hydrogen-bond acceptors (Lipinski definition) is 9. The Morgan fingerprint density at radius 2 is 1.41 bits per heavy atom. The van der Waals surface area contributed by atoms with Crippen molar-refractivity contribution in [3.05, 3.63) is 96.6 Å². The smallest absolute Gasteiger partial charge is 0.410 e. The molecule has 0 bridgehead atoms. The Morgan fingerprint density at radius 3 is 2.14 bits per heavy atom. The number of likely N-dealkylation sites (tertiary alicyclic amines) is 2. The van der Waals surface area contributed by atoms with E-state index in [1.807, 2.05) is 69.4 Å². The van der Waals surface area contributed by atoms with Crippen molar-refractivity contribution in [1.82, 2.24) is 39.7 Å². The zero-order chi connectivity index (χ0) is 35.2. The summed E-state index contributed by atoms with van der Waals surface area (Å²) >= 11 is 0. The number of imidazole rings is 2. The summed E-state index contributed by atoms with van der Waals surface area (Å²) in [6.07, 6.45) is 11.9. The van der Waals surface area contributed by atoms with E-state index in [2.05, 4.69) is 42.0 Å². The molecule has 0 saturated carbocycles. The van der Waals surface area contributed by atoms with Crippen LogP contribution in [0.25, 0.3) is 33.9 Å². The Labute approximate surface area is 298 Å². The number of aromatic nitrogens is 6. The molecular formula is C39H46N8O4. The van der Waals surface area contributed by atoms with E-state index in [0.29, 0.717) is 25.7 Å². The molecule has 2 aliphatic rings. The summed E-state index contributed by atoms with van der Waals surface area (Å²) in [5, 5.41) is 0. The van der Waals surface area contributed by atoms with Crippen LogP contribution in [-0.2, 0) is 20.8 Å². The molecule has 12 heteroatoms. The van der Waals surface area contributed by atoms with E-state index < -0.39 is 5.60 Å². The number of nitrogens with one attached hydrogen (secondary N) is 2. The van der Waals surface area contributed by atoms with Gasteiger partial charge in [0.05, 0.1) is 42.5 Å². The Bertz CT molecular complexity index is 1870. The molecule has 3 aromatic heterocycles. The number of carbonyl (C=O) groups is 1. The zero-order valence-corrected chi connectivity index (χ0v) is 29.5. The molecule has 7 rings (SSSR count). The maximum absolute atomic E-state index is 12.9. The first kappa shape index (κ1) is 34.5. The van der Waals surface area contributed by atoms with E-state index in [0.717, 1.165) is 83.9 Å². The molecular weight excluding hydrogens is 644 g/mol. The number of rotatable bonds is 11. The highest BCUT2D eigenvalue weighted by Gasteiger charge is 2.33. The Balaban J connectivity index is 0.943. The second kappa shape index (κ2) is 15.5. The van der Waals surface area contributed by atoms with Gasteiger partial charge in [-0.1, -0.05) is 54.6 Å². The molecule has 2 atom stereocenters. The number of carbonyl (C=O) groups excluding carboxylic acids is 1. The second-order valence-corrected chi connectivity index (χ2v) is 14.2. The van der Waals surface area contributed by atoms with Crippen molar-refractivity contribution in [2.24, 2.45) is 0 Å². The Kier molecular flexibility index (Phi) is 10.5. The minimum Gasteiger partial charge on any atom is -0.444 e. The molecule has 5 aromatic rings. The molecule has 2 aliphatic heterocycles. The highest BCUT2D eigenvalue weighted by Crippen LogP contribution is 2.33. The summed E-state index contributed by atoms with van der Waals surface area (Å²) in [5.41, 5.74) is 5.13. The van der Waals surface area contributed by atoms with Crippen LogP contribution in [0.15, 0.2) is 79.4 Å². The van der Waals surface area contributed by atoms with Gasteiger partial charge in [-0.2, -0.15) is 0 Å². The fraction of sp³-hybridized carbons (Fsp3) is 0.410. The fourth-order valence-electron chi connectivity index (χ4n) is 6.71. The van der Waals surface area contributed by atoms with Crippen molar-refractivity contribution in [2.45, 2.75) is 77.2 Å². The van der Waals surface area contributed by atoms with Crippen LogP contribution in [0.5, 0.6) is 0 Å². The predicted molar refractivity (Wildman–Crippen MR) is 193 cm³/mol. The van der Waals surface area contributed by atoms with E-state index in [9.17, 15) is 4.79 Å². The molecule has 2 saturated heterocycles. The molecule has 0 spiro atoms. The van der Waals surface area contributed by atoms with Gasteiger partial charge in [-0.25, -0.2) is 24.7 Å². The van der Waals surface area contributed by atoms with Gasteiger partial charge < -0.3 is 24.2 Å². The SMILES string of the molecule is CC(C)(C)OC(=O)N1CCCC[C@H]1c1ncc(-c2cnc(-c3ccc(-c4cnc(C5CCCN5COCOCc5ccccc5)[nH]4)cc3)nc2)[nH]1. The van der Waals surface area contributed by atoms with Gasteiger partial charge in [0.25, 0.3) is 0 Å². The maximum Gasteiger partial charge on any atom is 0.410 e. The first-order valence-electron chi connectivity index (χ1n) is 17.8. The molecule has 51 heavy (non-hydrogen) atoms. The van der Waals surface area contributed by atoms with Crippen LogP contribution >= 0.6 is 0 Å². The standard InChI is InChI=1S/C39H46N8O4/c1-39(2,3)51-38(48)47-19-8-7-12-34(47)37-43-23-32(45-37)30-20-40-35(41-21-30)29-16-14-28(15-17-29)31-22-42-36(44-31)33-13-9-18-46(33)25-50-26-49-24-27-10-5-4-6-11-27/h4-6,10-11,14-17,20-23,33-34H,7-9,12-13,18-19,24-26H2,1-3H3,(H,42,44)(H,43,45)/t33?,34-/m0/s1. The highest BCUT2D eigenvalue weighted by atomic mass is 16.7. The molecule has 1 unspecified atom stereocenters. The summed E-state index contributed by atoms with van der Waals surface area (Å²) in [4.78, 5) is 42.7. The van der Waals surface area contributed by atoms with Crippen LogP contribution in [0.2, 0.25) is 0 Å². The molecule has 12 nitrogen and oxygen atoms in total. The van der Waals surface area contributed by atoms with Crippen LogP contribution < -0.4 is 0 Å². The largest absolute Gasteiger partial charge is 0.444 e. The van der Waals surface area contributed by atoms with E-state index in [4.69, 9.17) is 19.2 Å². The molecule has 2 aromatic carbocycles. The number of ether oxygens (including phenoxy) is 3. The Hall–Kier alpha value is -4.91. The first-order chi connectivity index (χ1) is 24.8. The van der Waals surface area contributed by atoms with Crippen LogP contribution in [0.4, 0.5) is 4.79 Å². The lowest BCUT2D eigenvalue weighted by Crippen LogP contribution is -2.42. The monoisotopic (exact) mass is 690 g/mol. The number of H-pyrrole nitrogens is 2. The summed E-state index contributed by atoms with van der Waals surface area (Å²) in [7, 11) is 0. The number of piperidine rings is 1. The van der Waals surface area contributed by atoms with Crippen LogP contribution in [0.1, 0.15) is 82.2 Å². The van der Waals surface area contributed by atoms with Crippen molar-refractivity contribution in [3.63, 3.8) is 0 Å². The lowest BCUT2D eigenvalue weighted by Gasteiger charge is -2.35. The summed E-state index contributed by atoms with van der Waals surface area (Å²) in [6.45, 7) is 8.54. The van der Waals surface area contributed by atoms with Gasteiger partial charge in [0, 0.05) is 36.6 Å². The molecule has 1 amide bonds. The van der Waals surface area contributed by atoms with E-state index in [1.165, 1.54) is 0 Å². The van der Waals surface area contributed by atoms with Crippen molar-refractivity contribution in [3.8, 4) is 33.9 Å². The molecule has 266 valence electrons. The summed E-state index contributed by atoms with van der Waals surface area (Å²) < 4.78 is 17.2. The van der Waals surface area contributed by atoms with E-state index >= 15 is 0 Å². The highest BCUT2D eigenvalue weighted by molar-refractivity contribution is 5.69. The van der Waals surface area contributed by atoms with Crippen molar-refractivity contribution in [2.75, 3.05) is 26.6 Å². The van der Waals surface area contributed by atoms with Gasteiger partial charge in [0.15, 0.2) is 5.82 Å². The molecule has 5 heterocycles. The molecule has 0 radical (unpaired) electrons. The average Bonchev–Trinajstić information content (AvgIpc) is 3.93. The Morgan fingerprint density at radius 1 is 0.745 bits per heavy atom. The van der Waals surface area contributed by atoms with Gasteiger partial charge >= 0.3 is 6.09 Å². The molecule has 0 aliphatic carbocycles. The fourth-order valence-corrected chi connectivity index (χ4v) is 6.71. The van der Waals surface area contributed by atoms with Gasteiger partial charge in [0.2, 0.25) is 0 Å². The first-order valence-corrected chi connectivity index (χ1v) is 17.8. The third-order valence-electron chi connectivity index (χ3n) is 9.27. The van der Waals surface area contributed by atoms with E-state index in [-0.39, 0.29) is 25.0 Å². The van der Waals surface area contributed by atoms with Crippen molar-refractivity contribution in [1.29, 1.82) is 0 Å². The predicted octanol–water partition coefficient (Wildman–Crippen LogP) is 7.67. The minimum atomic E-state index is -0.553. The zero-order valence-electron chi connectivity index (χ0n) is 29.5. The number of amides is 1. The van der Waals surface area contributed by atoms with Gasteiger partial charge in [0.1, 0.15) is 30.8 Å². The van der Waals surface area contributed by atoms with Gasteiger partial charge in [-0.15, -0.1) is 0 Å².